The number of nitrogens with zero attached hydrogens (tertiary/aromatic N) is 4. The Hall–Kier alpha value is -2.20. The van der Waals surface area contributed by atoms with Crippen molar-refractivity contribution >= 4 is 26.7 Å². The van der Waals surface area contributed by atoms with E-state index in [4.69, 9.17) is 9.26 Å². The molecule has 3 heterocycles. The van der Waals surface area contributed by atoms with E-state index >= 15 is 0 Å². The van der Waals surface area contributed by atoms with Crippen molar-refractivity contribution in [2.75, 3.05) is 18.6 Å². The molecule has 1 aromatic carbocycles. The van der Waals surface area contributed by atoms with E-state index in [1.807, 2.05) is 4.90 Å². The Morgan fingerprint density at radius 3 is 2.77 bits per heavy atom. The van der Waals surface area contributed by atoms with E-state index in [2.05, 4.69) is 15.1 Å². The van der Waals surface area contributed by atoms with Crippen LogP contribution in [0.5, 0.6) is 0 Å². The zero-order valence-corrected chi connectivity index (χ0v) is 14.8. The van der Waals surface area contributed by atoms with E-state index in [-0.39, 0.29) is 12.1 Å². The van der Waals surface area contributed by atoms with Gasteiger partial charge in [-0.1, -0.05) is 16.5 Å². The molecule has 0 spiro atoms. The largest absolute Gasteiger partial charge is 0.416 e. The minimum absolute atomic E-state index is 0.0510. The van der Waals surface area contributed by atoms with Gasteiger partial charge in [0, 0.05) is 20.1 Å². The van der Waals surface area contributed by atoms with Crippen molar-refractivity contribution in [1.29, 1.82) is 0 Å². The molecule has 0 saturated carbocycles. The third kappa shape index (κ3) is 3.03. The van der Waals surface area contributed by atoms with Crippen molar-refractivity contribution in [1.82, 2.24) is 15.1 Å². The van der Waals surface area contributed by atoms with Gasteiger partial charge in [0.15, 0.2) is 11.0 Å². The summed E-state index contributed by atoms with van der Waals surface area (Å²) >= 11 is 1.33. The van der Waals surface area contributed by atoms with Gasteiger partial charge in [-0.25, -0.2) is 4.98 Å². The maximum Gasteiger partial charge on any atom is 0.416 e. The van der Waals surface area contributed by atoms with Crippen LogP contribution in [0.15, 0.2) is 22.7 Å². The molecule has 0 bridgehead atoms. The molecular weight excluding hydrogens is 369 g/mol. The predicted molar refractivity (Wildman–Crippen MR) is 89.2 cm³/mol. The Morgan fingerprint density at radius 1 is 1.31 bits per heavy atom. The first-order chi connectivity index (χ1) is 12.3. The zero-order valence-electron chi connectivity index (χ0n) is 13.9. The fourth-order valence-electron chi connectivity index (χ4n) is 3.08. The standard InChI is InChI=1S/C16H15F3N4O2S/c1-8-20-14(25-22-8)12-6-10(24-2)7-23(12)15-21-11-5-9(16(17,18)19)3-4-13(11)26-15/h3-5,10,12H,6-7H2,1-2H3. The average Bonchev–Trinajstić information content (AvgIpc) is 3.29. The number of benzene rings is 1. The van der Waals surface area contributed by atoms with Crippen LogP contribution in [0.25, 0.3) is 10.2 Å². The Labute approximate surface area is 150 Å². The van der Waals surface area contributed by atoms with Gasteiger partial charge in [0.25, 0.3) is 0 Å². The predicted octanol–water partition coefficient (Wildman–Crippen LogP) is 3.97. The Morgan fingerprint density at radius 2 is 2.12 bits per heavy atom. The molecule has 0 amide bonds. The summed E-state index contributed by atoms with van der Waals surface area (Å²) in [6.45, 7) is 2.28. The van der Waals surface area contributed by atoms with Gasteiger partial charge in [-0.15, -0.1) is 0 Å². The van der Waals surface area contributed by atoms with Crippen molar-refractivity contribution in [2.24, 2.45) is 0 Å². The number of hydrogen-bond acceptors (Lipinski definition) is 7. The van der Waals surface area contributed by atoms with Gasteiger partial charge >= 0.3 is 6.18 Å². The van der Waals surface area contributed by atoms with E-state index in [0.717, 1.165) is 12.1 Å². The number of aromatic nitrogens is 3. The molecule has 0 aliphatic carbocycles. The number of rotatable bonds is 3. The summed E-state index contributed by atoms with van der Waals surface area (Å²) < 4.78 is 50.2. The van der Waals surface area contributed by atoms with Gasteiger partial charge in [-0.05, 0) is 25.1 Å². The number of ether oxygens (including phenoxy) is 1. The lowest BCUT2D eigenvalue weighted by Gasteiger charge is -2.20. The number of halogens is 3. The lowest BCUT2D eigenvalue weighted by atomic mass is 10.2. The summed E-state index contributed by atoms with van der Waals surface area (Å²) in [6.07, 6.45) is -3.80. The minimum atomic E-state index is -4.39. The second-order valence-corrected chi connectivity index (χ2v) is 7.13. The van der Waals surface area contributed by atoms with Gasteiger partial charge in [0.05, 0.1) is 21.9 Å². The molecule has 1 aliphatic rings. The molecule has 26 heavy (non-hydrogen) atoms. The van der Waals surface area contributed by atoms with Crippen molar-refractivity contribution in [2.45, 2.75) is 31.7 Å². The highest BCUT2D eigenvalue weighted by Gasteiger charge is 2.38. The first-order valence-corrected chi connectivity index (χ1v) is 8.74. The van der Waals surface area contributed by atoms with Gasteiger partial charge in [-0.2, -0.15) is 18.2 Å². The van der Waals surface area contributed by atoms with Crippen LogP contribution in [0.1, 0.15) is 29.7 Å². The molecule has 1 fully saturated rings. The fourth-order valence-corrected chi connectivity index (χ4v) is 4.08. The first kappa shape index (κ1) is 17.2. The van der Waals surface area contributed by atoms with Crippen LogP contribution >= 0.6 is 11.3 Å². The summed E-state index contributed by atoms with van der Waals surface area (Å²) in [5.41, 5.74) is -0.386. The third-order valence-electron chi connectivity index (χ3n) is 4.37. The lowest BCUT2D eigenvalue weighted by Crippen LogP contribution is -2.24. The van der Waals surface area contributed by atoms with Crippen molar-refractivity contribution in [3.8, 4) is 0 Å². The first-order valence-electron chi connectivity index (χ1n) is 7.92. The molecule has 6 nitrogen and oxygen atoms in total. The molecule has 1 aliphatic heterocycles. The molecular formula is C16H15F3N4O2S. The smallest absolute Gasteiger partial charge is 0.380 e. The molecule has 0 radical (unpaired) electrons. The van der Waals surface area contributed by atoms with Crippen LogP contribution in [-0.4, -0.2) is 34.9 Å². The number of fused-ring (bicyclic) bond motifs is 1. The monoisotopic (exact) mass is 384 g/mol. The summed E-state index contributed by atoms with van der Waals surface area (Å²) in [4.78, 5) is 10.7. The minimum Gasteiger partial charge on any atom is -0.380 e. The highest BCUT2D eigenvalue weighted by atomic mass is 32.1. The highest BCUT2D eigenvalue weighted by Crippen LogP contribution is 2.41. The summed E-state index contributed by atoms with van der Waals surface area (Å²) in [7, 11) is 1.62. The molecule has 1 saturated heterocycles. The van der Waals surface area contributed by atoms with Crippen LogP contribution in [0, 0.1) is 6.92 Å². The van der Waals surface area contributed by atoms with E-state index in [9.17, 15) is 13.2 Å². The third-order valence-corrected chi connectivity index (χ3v) is 5.45. The van der Waals surface area contributed by atoms with Crippen LogP contribution < -0.4 is 4.90 Å². The van der Waals surface area contributed by atoms with E-state index < -0.39 is 11.7 Å². The van der Waals surface area contributed by atoms with E-state index in [0.29, 0.717) is 40.0 Å². The summed E-state index contributed by atoms with van der Waals surface area (Å²) in [6, 6.07) is 3.38. The van der Waals surface area contributed by atoms with Gasteiger partial charge in [0.1, 0.15) is 6.04 Å². The van der Waals surface area contributed by atoms with Crippen LogP contribution in [-0.2, 0) is 10.9 Å². The zero-order chi connectivity index (χ0) is 18.5. The molecule has 4 rings (SSSR count). The summed E-state index contributed by atoms with van der Waals surface area (Å²) in [5.74, 6) is 0.984. The second-order valence-electron chi connectivity index (χ2n) is 6.12. The van der Waals surface area contributed by atoms with Crippen molar-refractivity contribution < 1.29 is 22.4 Å². The Kier molecular flexibility index (Phi) is 4.11. The number of aryl methyl sites for hydroxylation is 1. The topological polar surface area (TPSA) is 64.3 Å². The maximum atomic E-state index is 12.9. The SMILES string of the molecule is COC1CC(c2nc(C)no2)N(c2nc3cc(C(F)(F)F)ccc3s2)C1. The number of anilines is 1. The van der Waals surface area contributed by atoms with Crippen LogP contribution in [0.4, 0.5) is 18.3 Å². The average molecular weight is 384 g/mol. The molecule has 2 atom stereocenters. The molecule has 2 aromatic heterocycles. The van der Waals surface area contributed by atoms with Crippen LogP contribution in [0.2, 0.25) is 0 Å². The van der Waals surface area contributed by atoms with Gasteiger partial charge < -0.3 is 14.2 Å². The maximum absolute atomic E-state index is 12.9. The Bertz CT molecular complexity index is 939. The molecule has 138 valence electrons. The molecule has 10 heteroatoms. The Balaban J connectivity index is 1.72. The number of thiazole rings is 1. The number of hydrogen-bond donors (Lipinski definition) is 0. The van der Waals surface area contributed by atoms with Gasteiger partial charge in [0.2, 0.25) is 5.89 Å². The normalized spacial score (nSPS) is 21.0. The number of alkyl halides is 3. The summed E-state index contributed by atoms with van der Waals surface area (Å²) in [5, 5.41) is 4.44. The quantitative estimate of drug-likeness (QED) is 0.681. The van der Waals surface area contributed by atoms with Crippen LogP contribution in [0.3, 0.4) is 0 Å². The lowest BCUT2D eigenvalue weighted by molar-refractivity contribution is -0.137. The highest BCUT2D eigenvalue weighted by molar-refractivity contribution is 7.22. The number of methoxy groups -OCH3 is 1. The van der Waals surface area contributed by atoms with E-state index in [1.54, 1.807) is 14.0 Å². The molecule has 3 aromatic rings. The molecule has 2 unspecified atom stereocenters. The van der Waals surface area contributed by atoms with Gasteiger partial charge in [-0.3, -0.25) is 0 Å². The second kappa shape index (κ2) is 6.20. The van der Waals surface area contributed by atoms with Crippen molar-refractivity contribution in [3.05, 3.63) is 35.5 Å². The van der Waals surface area contributed by atoms with E-state index in [1.165, 1.54) is 17.4 Å². The fraction of sp³-hybridized carbons (Fsp3) is 0.438. The molecule has 0 N–H and O–H groups in total. The van der Waals surface area contributed by atoms with Crippen molar-refractivity contribution in [3.63, 3.8) is 0 Å².